The number of halogens is 1. The normalized spacial score (nSPS) is 12.4. The van der Waals surface area contributed by atoms with Gasteiger partial charge in [0.1, 0.15) is 5.01 Å². The van der Waals surface area contributed by atoms with Gasteiger partial charge in [-0.3, -0.25) is 0 Å². The summed E-state index contributed by atoms with van der Waals surface area (Å²) in [5.74, 6) is 0. The van der Waals surface area contributed by atoms with Crippen LogP contribution in [0.1, 0.15) is 23.5 Å². The van der Waals surface area contributed by atoms with E-state index in [-0.39, 0.29) is 6.04 Å². The van der Waals surface area contributed by atoms with Gasteiger partial charge < -0.3 is 5.32 Å². The van der Waals surface area contributed by atoms with Gasteiger partial charge in [0.2, 0.25) is 0 Å². The Balaban J connectivity index is 2.21. The van der Waals surface area contributed by atoms with E-state index in [1.54, 1.807) is 11.3 Å². The largest absolute Gasteiger partial charge is 0.375 e. The van der Waals surface area contributed by atoms with Gasteiger partial charge in [0.15, 0.2) is 0 Å². The first-order valence-corrected chi connectivity index (χ1v) is 6.35. The number of anilines is 1. The lowest BCUT2D eigenvalue weighted by molar-refractivity contribution is 0.868. The molecule has 1 unspecified atom stereocenters. The maximum Gasteiger partial charge on any atom is 0.115 e. The molecule has 0 amide bonds. The zero-order valence-corrected chi connectivity index (χ0v) is 10.8. The van der Waals surface area contributed by atoms with E-state index < -0.39 is 0 Å². The predicted molar refractivity (Wildman–Crippen MR) is 70.3 cm³/mol. The van der Waals surface area contributed by atoms with E-state index in [9.17, 15) is 0 Å². The molecule has 16 heavy (non-hydrogen) atoms. The van der Waals surface area contributed by atoms with E-state index >= 15 is 0 Å². The number of benzene rings is 1. The zero-order valence-electron chi connectivity index (χ0n) is 9.20. The third-order valence-corrected chi connectivity index (χ3v) is 3.68. The van der Waals surface area contributed by atoms with Crippen LogP contribution in [0.25, 0.3) is 0 Å². The number of aryl methyl sites for hydroxylation is 1. The quantitative estimate of drug-likeness (QED) is 0.882. The van der Waals surface area contributed by atoms with Gasteiger partial charge in [0, 0.05) is 11.6 Å². The lowest BCUT2D eigenvalue weighted by Gasteiger charge is -2.16. The molecule has 0 aliphatic rings. The molecular formula is C12H13ClN2S. The van der Waals surface area contributed by atoms with Gasteiger partial charge in [-0.25, -0.2) is 4.98 Å². The molecule has 0 saturated carbocycles. The summed E-state index contributed by atoms with van der Waals surface area (Å²) in [4.78, 5) is 4.28. The molecule has 1 aromatic carbocycles. The fourth-order valence-corrected chi connectivity index (χ4v) is 2.46. The average molecular weight is 253 g/mol. The summed E-state index contributed by atoms with van der Waals surface area (Å²) in [5.41, 5.74) is 2.14. The summed E-state index contributed by atoms with van der Waals surface area (Å²) in [7, 11) is 0. The highest BCUT2D eigenvalue weighted by Crippen LogP contribution is 2.29. The van der Waals surface area contributed by atoms with Crippen LogP contribution in [0.3, 0.4) is 0 Å². The number of para-hydroxylation sites is 1. The Labute approximate surface area is 104 Å². The molecule has 0 spiro atoms. The van der Waals surface area contributed by atoms with Crippen LogP contribution in [0.2, 0.25) is 5.02 Å². The first-order valence-electron chi connectivity index (χ1n) is 5.09. The first kappa shape index (κ1) is 11.4. The number of nitrogens with zero attached hydrogens (tertiary/aromatic N) is 1. The van der Waals surface area contributed by atoms with Gasteiger partial charge in [-0.05, 0) is 25.5 Å². The fourth-order valence-electron chi connectivity index (χ4n) is 1.54. The number of hydrogen-bond donors (Lipinski definition) is 1. The van der Waals surface area contributed by atoms with Gasteiger partial charge in [-0.2, -0.15) is 0 Å². The first-order chi connectivity index (χ1) is 7.68. The monoisotopic (exact) mass is 252 g/mol. The topological polar surface area (TPSA) is 24.9 Å². The van der Waals surface area contributed by atoms with Gasteiger partial charge in [-0.1, -0.05) is 23.7 Å². The highest BCUT2D eigenvalue weighted by Gasteiger charge is 2.11. The molecule has 2 rings (SSSR count). The molecule has 0 fully saturated rings. The van der Waals surface area contributed by atoms with Crippen LogP contribution < -0.4 is 5.32 Å². The number of nitrogens with one attached hydrogen (secondary N) is 1. The summed E-state index contributed by atoms with van der Waals surface area (Å²) in [6, 6.07) is 6.07. The summed E-state index contributed by atoms with van der Waals surface area (Å²) >= 11 is 7.80. The van der Waals surface area contributed by atoms with Crippen molar-refractivity contribution in [2.75, 3.05) is 5.32 Å². The van der Waals surface area contributed by atoms with Crippen LogP contribution in [0.4, 0.5) is 5.69 Å². The minimum Gasteiger partial charge on any atom is -0.375 e. The highest BCUT2D eigenvalue weighted by atomic mass is 35.5. The molecule has 4 heteroatoms. The average Bonchev–Trinajstić information content (AvgIpc) is 2.76. The second-order valence-electron chi connectivity index (χ2n) is 3.67. The van der Waals surface area contributed by atoms with E-state index in [1.807, 2.05) is 36.7 Å². The van der Waals surface area contributed by atoms with Crippen molar-refractivity contribution in [1.29, 1.82) is 0 Å². The fraction of sp³-hybridized carbons (Fsp3) is 0.250. The number of thiazole rings is 1. The minimum atomic E-state index is 0.179. The van der Waals surface area contributed by atoms with Crippen molar-refractivity contribution in [3.63, 3.8) is 0 Å². The van der Waals surface area contributed by atoms with Gasteiger partial charge in [0.25, 0.3) is 0 Å². The molecule has 0 radical (unpaired) electrons. The van der Waals surface area contributed by atoms with Crippen LogP contribution in [-0.2, 0) is 0 Å². The van der Waals surface area contributed by atoms with Crippen molar-refractivity contribution in [2.45, 2.75) is 19.9 Å². The van der Waals surface area contributed by atoms with Crippen molar-refractivity contribution < 1.29 is 0 Å². The van der Waals surface area contributed by atoms with E-state index in [2.05, 4.69) is 17.2 Å². The third-order valence-electron chi connectivity index (χ3n) is 2.40. The van der Waals surface area contributed by atoms with Gasteiger partial charge in [-0.15, -0.1) is 11.3 Å². The molecule has 84 valence electrons. The van der Waals surface area contributed by atoms with E-state index in [0.717, 1.165) is 21.3 Å². The van der Waals surface area contributed by atoms with E-state index in [0.29, 0.717) is 0 Å². The minimum absolute atomic E-state index is 0.179. The van der Waals surface area contributed by atoms with Crippen molar-refractivity contribution in [1.82, 2.24) is 4.98 Å². The summed E-state index contributed by atoms with van der Waals surface area (Å²) < 4.78 is 0. The standard InChI is InChI=1S/C12H13ClN2S/c1-8-4-3-5-10(13)11(8)15-9(2)12-14-6-7-16-12/h3-7,9,15H,1-2H3. The molecule has 1 heterocycles. The van der Waals surface area contributed by atoms with Crippen LogP contribution in [0, 0.1) is 6.92 Å². The lowest BCUT2D eigenvalue weighted by atomic mass is 10.2. The van der Waals surface area contributed by atoms with Gasteiger partial charge >= 0.3 is 0 Å². The predicted octanol–water partition coefficient (Wildman–Crippen LogP) is 4.28. The SMILES string of the molecule is Cc1cccc(Cl)c1NC(C)c1nccs1. The molecule has 2 nitrogen and oxygen atoms in total. The van der Waals surface area contributed by atoms with Crippen LogP contribution in [0.5, 0.6) is 0 Å². The molecule has 0 aliphatic carbocycles. The van der Waals surface area contributed by atoms with E-state index in [1.165, 1.54) is 0 Å². The Morgan fingerprint density at radius 3 is 2.88 bits per heavy atom. The number of hydrogen-bond acceptors (Lipinski definition) is 3. The number of aromatic nitrogens is 1. The molecule has 1 atom stereocenters. The smallest absolute Gasteiger partial charge is 0.115 e. The maximum atomic E-state index is 6.16. The maximum absolute atomic E-state index is 6.16. The molecule has 0 aliphatic heterocycles. The van der Waals surface area contributed by atoms with Crippen molar-refractivity contribution >= 4 is 28.6 Å². The summed E-state index contributed by atoms with van der Waals surface area (Å²) in [6.07, 6.45) is 1.82. The second-order valence-corrected chi connectivity index (χ2v) is 5.00. The van der Waals surface area contributed by atoms with E-state index in [4.69, 9.17) is 11.6 Å². The third kappa shape index (κ3) is 2.36. The zero-order chi connectivity index (χ0) is 11.5. The Kier molecular flexibility index (Phi) is 3.46. The Bertz CT molecular complexity index is 448. The lowest BCUT2D eigenvalue weighted by Crippen LogP contribution is -2.07. The molecule has 0 saturated heterocycles. The van der Waals surface area contributed by atoms with Crippen LogP contribution in [-0.4, -0.2) is 4.98 Å². The summed E-state index contributed by atoms with van der Waals surface area (Å²) in [5, 5.41) is 7.20. The Hall–Kier alpha value is -1.06. The van der Waals surface area contributed by atoms with Crippen molar-refractivity contribution in [2.24, 2.45) is 0 Å². The van der Waals surface area contributed by atoms with Crippen molar-refractivity contribution in [3.05, 3.63) is 45.4 Å². The highest BCUT2D eigenvalue weighted by molar-refractivity contribution is 7.09. The van der Waals surface area contributed by atoms with Crippen molar-refractivity contribution in [3.8, 4) is 0 Å². The summed E-state index contributed by atoms with van der Waals surface area (Å²) in [6.45, 7) is 4.13. The number of rotatable bonds is 3. The molecule has 1 aromatic heterocycles. The molecule has 1 N–H and O–H groups in total. The second kappa shape index (κ2) is 4.85. The molecule has 0 bridgehead atoms. The Morgan fingerprint density at radius 2 is 2.25 bits per heavy atom. The Morgan fingerprint density at radius 1 is 1.44 bits per heavy atom. The van der Waals surface area contributed by atoms with Crippen LogP contribution >= 0.6 is 22.9 Å². The molecular weight excluding hydrogens is 240 g/mol. The molecule has 2 aromatic rings. The van der Waals surface area contributed by atoms with Gasteiger partial charge in [0.05, 0.1) is 16.8 Å². The van der Waals surface area contributed by atoms with Crippen LogP contribution in [0.15, 0.2) is 29.8 Å².